The van der Waals surface area contributed by atoms with Crippen LogP contribution in [0.1, 0.15) is 15.9 Å². The summed E-state index contributed by atoms with van der Waals surface area (Å²) in [5, 5.41) is 10.4. The Morgan fingerprint density at radius 3 is 2.52 bits per heavy atom. The third kappa shape index (κ3) is 4.25. The van der Waals surface area contributed by atoms with Crippen molar-refractivity contribution in [2.75, 3.05) is 31.2 Å². The molecule has 0 atom stereocenters. The average Bonchev–Trinajstić information content (AvgIpc) is 3.22. The van der Waals surface area contributed by atoms with Gasteiger partial charge in [-0.3, -0.25) is 4.98 Å². The van der Waals surface area contributed by atoms with Crippen LogP contribution in [0.15, 0.2) is 65.3 Å². The Morgan fingerprint density at radius 1 is 1.09 bits per heavy atom. The molecule has 168 valence electrons. The lowest BCUT2D eigenvalue weighted by Gasteiger charge is -2.30. The number of rotatable bonds is 6. The molecular weight excluding hydrogens is 427 g/mol. The van der Waals surface area contributed by atoms with Crippen molar-refractivity contribution in [3.05, 3.63) is 77.9 Å². The van der Waals surface area contributed by atoms with Crippen molar-refractivity contribution in [2.24, 2.45) is 0 Å². The number of hydrogen-bond donors (Lipinski definition) is 1. The molecule has 0 unspecified atom stereocenters. The van der Waals surface area contributed by atoms with Gasteiger partial charge in [0.05, 0.1) is 18.9 Å². The van der Waals surface area contributed by atoms with E-state index in [1.165, 1.54) is 24.3 Å². The molecule has 3 heterocycles. The van der Waals surface area contributed by atoms with Crippen LogP contribution in [-0.4, -0.2) is 42.4 Å². The number of halogens is 1. The van der Waals surface area contributed by atoms with Crippen molar-refractivity contribution in [1.82, 2.24) is 4.98 Å². The molecule has 1 aliphatic heterocycles. The number of carbonyl (C=O) groups is 1. The highest BCUT2D eigenvalue weighted by molar-refractivity contribution is 6.09. The number of hydrogen-bond acceptors (Lipinski definition) is 6. The second-order valence-corrected chi connectivity index (χ2v) is 7.68. The van der Waals surface area contributed by atoms with Crippen LogP contribution >= 0.6 is 0 Å². The van der Waals surface area contributed by atoms with Crippen molar-refractivity contribution in [3.63, 3.8) is 0 Å². The van der Waals surface area contributed by atoms with Gasteiger partial charge in [0.25, 0.3) is 0 Å². The van der Waals surface area contributed by atoms with Gasteiger partial charge in [-0.25, -0.2) is 9.18 Å². The van der Waals surface area contributed by atoms with Gasteiger partial charge in [0.1, 0.15) is 35.1 Å². The summed E-state index contributed by atoms with van der Waals surface area (Å²) in [7, 11) is 0. The Labute approximate surface area is 189 Å². The summed E-state index contributed by atoms with van der Waals surface area (Å²) in [6.45, 7) is 2.82. The largest absolute Gasteiger partial charge is 0.487 e. The lowest BCUT2D eigenvalue weighted by atomic mass is 10.0. The van der Waals surface area contributed by atoms with Crippen LogP contribution in [0.4, 0.5) is 10.1 Å². The number of fused-ring (bicyclic) bond motifs is 1. The van der Waals surface area contributed by atoms with Crippen molar-refractivity contribution in [1.29, 1.82) is 0 Å². The molecule has 2 aromatic heterocycles. The van der Waals surface area contributed by atoms with E-state index < -0.39 is 11.8 Å². The number of morpholine rings is 1. The van der Waals surface area contributed by atoms with E-state index in [2.05, 4.69) is 9.88 Å². The maximum atomic E-state index is 13.4. The number of carboxylic acid groups (broad SMARTS) is 1. The predicted molar refractivity (Wildman–Crippen MR) is 120 cm³/mol. The summed E-state index contributed by atoms with van der Waals surface area (Å²) in [4.78, 5) is 18.4. The zero-order chi connectivity index (χ0) is 22.8. The molecule has 0 saturated carbocycles. The minimum absolute atomic E-state index is 0.0129. The molecule has 1 aliphatic rings. The number of ether oxygens (including phenoxy) is 2. The third-order valence-corrected chi connectivity index (χ3v) is 5.59. The summed E-state index contributed by atoms with van der Waals surface area (Å²) >= 11 is 0. The molecule has 5 rings (SSSR count). The van der Waals surface area contributed by atoms with Gasteiger partial charge in [-0.1, -0.05) is 0 Å². The Bertz CT molecular complexity index is 1280. The van der Waals surface area contributed by atoms with Crippen LogP contribution in [0.25, 0.3) is 22.3 Å². The number of aromatic carboxylic acids is 1. The number of anilines is 1. The molecule has 33 heavy (non-hydrogen) atoms. The quantitative estimate of drug-likeness (QED) is 0.456. The lowest BCUT2D eigenvalue weighted by molar-refractivity contribution is 0.0699. The number of furan rings is 1. The first-order valence-electron chi connectivity index (χ1n) is 10.5. The fraction of sp³-hybridized carbons (Fsp3) is 0.200. The minimum atomic E-state index is -1.13. The van der Waals surface area contributed by atoms with Crippen LogP contribution in [0.2, 0.25) is 0 Å². The van der Waals surface area contributed by atoms with Crippen LogP contribution < -0.4 is 9.64 Å². The maximum Gasteiger partial charge on any atom is 0.340 e. The fourth-order valence-electron chi connectivity index (χ4n) is 3.94. The van der Waals surface area contributed by atoms with Crippen molar-refractivity contribution in [2.45, 2.75) is 6.61 Å². The molecule has 0 aliphatic carbocycles. The third-order valence-electron chi connectivity index (χ3n) is 5.59. The molecule has 7 nitrogen and oxygen atoms in total. The first-order valence-corrected chi connectivity index (χ1v) is 10.5. The van der Waals surface area contributed by atoms with Crippen LogP contribution in [0.3, 0.4) is 0 Å². The van der Waals surface area contributed by atoms with Crippen molar-refractivity contribution in [3.8, 4) is 17.1 Å². The molecule has 0 amide bonds. The number of nitrogens with zero attached hydrogens (tertiary/aromatic N) is 2. The second kappa shape index (κ2) is 8.91. The molecule has 1 fully saturated rings. The van der Waals surface area contributed by atoms with E-state index in [1.807, 2.05) is 18.2 Å². The normalized spacial score (nSPS) is 13.9. The number of carboxylic acids is 1. The topological polar surface area (TPSA) is 85.0 Å². The first kappa shape index (κ1) is 21.0. The van der Waals surface area contributed by atoms with E-state index in [0.717, 1.165) is 11.3 Å². The van der Waals surface area contributed by atoms with Gasteiger partial charge in [-0.05, 0) is 48.0 Å². The molecule has 0 spiro atoms. The van der Waals surface area contributed by atoms with Gasteiger partial charge < -0.3 is 23.9 Å². The minimum Gasteiger partial charge on any atom is -0.487 e. The summed E-state index contributed by atoms with van der Waals surface area (Å²) < 4.78 is 31.1. The van der Waals surface area contributed by atoms with Crippen molar-refractivity contribution >= 4 is 22.6 Å². The number of benzene rings is 2. The summed E-state index contributed by atoms with van der Waals surface area (Å²) in [5.74, 6) is -0.813. The van der Waals surface area contributed by atoms with Crippen molar-refractivity contribution < 1.29 is 28.2 Å². The summed E-state index contributed by atoms with van der Waals surface area (Å²) in [6, 6.07) is 12.8. The van der Waals surface area contributed by atoms with Crippen LogP contribution in [-0.2, 0) is 11.3 Å². The highest BCUT2D eigenvalue weighted by Crippen LogP contribution is 2.41. The Balaban J connectivity index is 1.63. The van der Waals surface area contributed by atoms with Gasteiger partial charge in [0.2, 0.25) is 0 Å². The molecule has 8 heteroatoms. The zero-order valence-electron chi connectivity index (χ0n) is 17.7. The first-order chi connectivity index (χ1) is 16.1. The zero-order valence-corrected chi connectivity index (χ0v) is 17.7. The SMILES string of the molecule is O=C(O)c1c(-c2ccc(F)cc2)oc2cc(N3CCOCC3)c(OCc3ccncc3)cc12. The fourth-order valence-corrected chi connectivity index (χ4v) is 3.94. The van der Waals surface area contributed by atoms with E-state index >= 15 is 0 Å². The van der Waals surface area contributed by atoms with Gasteiger partial charge in [0, 0.05) is 42.5 Å². The predicted octanol–water partition coefficient (Wildman–Crippen LogP) is 4.75. The molecule has 1 saturated heterocycles. The standard InChI is InChI=1S/C25H21FN2O5/c26-18-3-1-17(2-4-18)24-23(25(29)30)19-13-22(32-15-16-5-7-27-8-6-16)20(14-21(19)33-24)28-9-11-31-12-10-28/h1-8,13-14H,9-12,15H2,(H,29,30). The summed E-state index contributed by atoms with van der Waals surface area (Å²) in [6.07, 6.45) is 3.39. The van der Waals surface area contributed by atoms with E-state index in [1.54, 1.807) is 18.5 Å². The molecule has 1 N–H and O–H groups in total. The highest BCUT2D eigenvalue weighted by Gasteiger charge is 2.25. The van der Waals surface area contributed by atoms with E-state index in [4.69, 9.17) is 13.9 Å². The molecule has 2 aromatic carbocycles. The van der Waals surface area contributed by atoms with E-state index in [9.17, 15) is 14.3 Å². The smallest absolute Gasteiger partial charge is 0.340 e. The second-order valence-electron chi connectivity index (χ2n) is 7.68. The molecular formula is C25H21FN2O5. The highest BCUT2D eigenvalue weighted by atomic mass is 19.1. The summed E-state index contributed by atoms with van der Waals surface area (Å²) in [5.41, 5.74) is 2.66. The maximum absolute atomic E-state index is 13.4. The monoisotopic (exact) mass is 448 g/mol. The van der Waals surface area contributed by atoms with Crippen LogP contribution in [0, 0.1) is 5.82 Å². The van der Waals surface area contributed by atoms with Gasteiger partial charge in [-0.2, -0.15) is 0 Å². The Morgan fingerprint density at radius 2 is 1.82 bits per heavy atom. The molecule has 0 bridgehead atoms. The number of aromatic nitrogens is 1. The molecule has 4 aromatic rings. The van der Waals surface area contributed by atoms with Gasteiger partial charge >= 0.3 is 5.97 Å². The van der Waals surface area contributed by atoms with Crippen LogP contribution in [0.5, 0.6) is 5.75 Å². The van der Waals surface area contributed by atoms with E-state index in [-0.39, 0.29) is 11.3 Å². The van der Waals surface area contributed by atoms with E-state index in [0.29, 0.717) is 55.2 Å². The number of pyridine rings is 1. The van der Waals surface area contributed by atoms with Gasteiger partial charge in [-0.15, -0.1) is 0 Å². The lowest BCUT2D eigenvalue weighted by Crippen LogP contribution is -2.36. The Kier molecular flexibility index (Phi) is 5.66. The average molecular weight is 448 g/mol. The molecule has 0 radical (unpaired) electrons. The van der Waals surface area contributed by atoms with Gasteiger partial charge in [0.15, 0.2) is 0 Å². The Hall–Kier alpha value is -3.91.